The van der Waals surface area contributed by atoms with E-state index in [-0.39, 0.29) is 11.7 Å². The number of hydrogen-bond donors (Lipinski definition) is 2. The first-order valence-electron chi connectivity index (χ1n) is 8.57. The number of hydrogen-bond acceptors (Lipinski definition) is 4. The van der Waals surface area contributed by atoms with Crippen LogP contribution in [0.5, 0.6) is 0 Å². The van der Waals surface area contributed by atoms with Crippen LogP contribution in [0.2, 0.25) is 0 Å². The van der Waals surface area contributed by atoms with Gasteiger partial charge in [-0.2, -0.15) is 0 Å². The van der Waals surface area contributed by atoms with Crippen LogP contribution >= 0.6 is 0 Å². The van der Waals surface area contributed by atoms with Gasteiger partial charge in [-0.05, 0) is 60.2 Å². The molecular formula is C21H17FN4O. The second-order valence-electron chi connectivity index (χ2n) is 6.20. The molecule has 1 atom stereocenters. The van der Waals surface area contributed by atoms with Crippen LogP contribution < -0.4 is 10.6 Å². The maximum absolute atomic E-state index is 13.5. The summed E-state index contributed by atoms with van der Waals surface area (Å²) in [7, 11) is 0. The Bertz CT molecular complexity index is 987. The molecule has 0 saturated carbocycles. The van der Waals surface area contributed by atoms with Crippen molar-refractivity contribution < 1.29 is 9.18 Å². The van der Waals surface area contributed by atoms with E-state index in [1.807, 2.05) is 42.5 Å². The van der Waals surface area contributed by atoms with Crippen molar-refractivity contribution in [2.24, 2.45) is 4.99 Å². The van der Waals surface area contributed by atoms with Gasteiger partial charge in [0.05, 0.1) is 17.9 Å². The van der Waals surface area contributed by atoms with Gasteiger partial charge in [-0.3, -0.25) is 14.8 Å². The van der Waals surface area contributed by atoms with Crippen LogP contribution in [-0.2, 0) is 11.3 Å². The van der Waals surface area contributed by atoms with Crippen molar-refractivity contribution in [3.63, 3.8) is 0 Å². The van der Waals surface area contributed by atoms with Crippen LogP contribution in [0.1, 0.15) is 17.2 Å². The fraction of sp³-hybridized carbons (Fsp3) is 0.0952. The average Bonchev–Trinajstić information content (AvgIpc) is 3.01. The lowest BCUT2D eigenvalue weighted by molar-refractivity contribution is -0.115. The minimum atomic E-state index is -0.586. The van der Waals surface area contributed by atoms with Crippen LogP contribution in [0.15, 0.2) is 71.9 Å². The van der Waals surface area contributed by atoms with Gasteiger partial charge in [0.1, 0.15) is 11.7 Å². The summed E-state index contributed by atoms with van der Waals surface area (Å²) in [6.07, 6.45) is 3.31. The molecule has 1 aliphatic rings. The van der Waals surface area contributed by atoms with Crippen LogP contribution in [0.25, 0.3) is 0 Å². The highest BCUT2D eigenvalue weighted by atomic mass is 19.1. The van der Waals surface area contributed by atoms with Crippen molar-refractivity contribution in [3.8, 4) is 0 Å². The van der Waals surface area contributed by atoms with Crippen molar-refractivity contribution in [2.45, 2.75) is 12.5 Å². The van der Waals surface area contributed by atoms with Crippen LogP contribution in [0.4, 0.5) is 21.5 Å². The number of amides is 1. The molecule has 1 aromatic heterocycles. The second kappa shape index (κ2) is 7.37. The zero-order valence-corrected chi connectivity index (χ0v) is 14.4. The Morgan fingerprint density at radius 1 is 1.15 bits per heavy atom. The molecule has 3 aromatic rings. The molecule has 2 N–H and O–H groups in total. The Morgan fingerprint density at radius 3 is 2.78 bits per heavy atom. The van der Waals surface area contributed by atoms with E-state index in [0.717, 1.165) is 17.1 Å². The van der Waals surface area contributed by atoms with E-state index in [1.54, 1.807) is 18.5 Å². The molecule has 0 fully saturated rings. The first kappa shape index (κ1) is 16.9. The monoisotopic (exact) mass is 360 g/mol. The molecule has 2 aromatic carbocycles. The Morgan fingerprint density at radius 2 is 2.00 bits per heavy atom. The minimum absolute atomic E-state index is 0.201. The minimum Gasteiger partial charge on any atom is -0.379 e. The first-order chi connectivity index (χ1) is 13.2. The molecule has 1 aliphatic heterocycles. The molecule has 27 heavy (non-hydrogen) atoms. The third-order valence-corrected chi connectivity index (χ3v) is 4.33. The average molecular weight is 360 g/mol. The van der Waals surface area contributed by atoms with Gasteiger partial charge in [0.25, 0.3) is 0 Å². The van der Waals surface area contributed by atoms with Gasteiger partial charge in [-0.1, -0.05) is 6.07 Å². The Kier molecular flexibility index (Phi) is 4.61. The van der Waals surface area contributed by atoms with Gasteiger partial charge >= 0.3 is 0 Å². The molecule has 0 spiro atoms. The molecular weight excluding hydrogens is 343 g/mol. The summed E-state index contributed by atoms with van der Waals surface area (Å²) < 4.78 is 13.5. The van der Waals surface area contributed by atoms with Crippen molar-refractivity contribution in [2.75, 3.05) is 10.6 Å². The number of aromatic nitrogens is 1. The molecule has 4 rings (SSSR count). The van der Waals surface area contributed by atoms with Crippen molar-refractivity contribution in [1.82, 2.24) is 4.98 Å². The number of pyridine rings is 1. The van der Waals surface area contributed by atoms with Crippen LogP contribution in [0, 0.1) is 5.82 Å². The number of halogens is 1. The third-order valence-electron chi connectivity index (χ3n) is 4.33. The molecule has 1 amide bonds. The summed E-state index contributed by atoms with van der Waals surface area (Å²) in [5.74, 6) is -1.15. The van der Waals surface area contributed by atoms with Crippen molar-refractivity contribution in [3.05, 3.63) is 83.9 Å². The maximum Gasteiger partial charge on any atom is 0.237 e. The largest absolute Gasteiger partial charge is 0.379 e. The highest BCUT2D eigenvalue weighted by Gasteiger charge is 2.29. The number of carbonyl (C=O) groups is 1. The number of nitrogens with one attached hydrogen (secondary N) is 2. The second-order valence-corrected chi connectivity index (χ2v) is 6.20. The predicted molar refractivity (Wildman–Crippen MR) is 104 cm³/mol. The van der Waals surface area contributed by atoms with E-state index >= 15 is 0 Å². The number of anilines is 2. The van der Waals surface area contributed by atoms with Gasteiger partial charge in [-0.15, -0.1) is 0 Å². The fourth-order valence-electron chi connectivity index (χ4n) is 2.93. The number of nitrogens with zero attached hydrogens (tertiary/aromatic N) is 2. The SMILES string of the molecule is O=C1Nc2ccc(F)cc2C1C=Nc1ccc(NCc2ccccn2)cc1. The quantitative estimate of drug-likeness (QED) is 0.668. The fourth-order valence-corrected chi connectivity index (χ4v) is 2.93. The number of aliphatic imine (C=N–C) groups is 1. The zero-order valence-electron chi connectivity index (χ0n) is 14.4. The summed E-state index contributed by atoms with van der Waals surface area (Å²) >= 11 is 0. The summed E-state index contributed by atoms with van der Waals surface area (Å²) in [4.78, 5) is 20.7. The van der Waals surface area contributed by atoms with E-state index < -0.39 is 5.92 Å². The Balaban J connectivity index is 1.43. The number of carbonyl (C=O) groups excluding carboxylic acids is 1. The van der Waals surface area contributed by atoms with Crippen molar-refractivity contribution >= 4 is 29.2 Å². The van der Waals surface area contributed by atoms with E-state index in [0.29, 0.717) is 17.8 Å². The Hall–Kier alpha value is -3.54. The first-order valence-corrected chi connectivity index (χ1v) is 8.57. The van der Waals surface area contributed by atoms with Crippen LogP contribution in [0.3, 0.4) is 0 Å². The zero-order chi connectivity index (χ0) is 18.6. The highest BCUT2D eigenvalue weighted by molar-refractivity contribution is 6.12. The van der Waals surface area contributed by atoms with E-state index in [1.165, 1.54) is 12.1 Å². The third kappa shape index (κ3) is 3.84. The molecule has 5 nitrogen and oxygen atoms in total. The normalized spacial score (nSPS) is 15.6. The van der Waals surface area contributed by atoms with Gasteiger partial charge < -0.3 is 10.6 Å². The number of benzene rings is 2. The highest BCUT2D eigenvalue weighted by Crippen LogP contribution is 2.32. The standard InChI is InChI=1S/C21H17FN4O/c22-14-4-9-20-18(11-14)19(21(27)26-20)13-25-16-7-5-15(6-8-16)24-12-17-3-1-2-10-23-17/h1-11,13,19,24H,12H2,(H,26,27). The van der Waals surface area contributed by atoms with Gasteiger partial charge in [0, 0.05) is 23.8 Å². The molecule has 6 heteroatoms. The lowest BCUT2D eigenvalue weighted by Crippen LogP contribution is -2.12. The molecule has 1 unspecified atom stereocenters. The van der Waals surface area contributed by atoms with Crippen LogP contribution in [-0.4, -0.2) is 17.1 Å². The Labute approximate surface area is 156 Å². The lowest BCUT2D eigenvalue weighted by Gasteiger charge is -2.06. The topological polar surface area (TPSA) is 66.4 Å². The predicted octanol–water partition coefficient (Wildman–Crippen LogP) is 4.27. The van der Waals surface area contributed by atoms with Crippen molar-refractivity contribution in [1.29, 1.82) is 0 Å². The number of fused-ring (bicyclic) bond motifs is 1. The molecule has 0 radical (unpaired) electrons. The smallest absolute Gasteiger partial charge is 0.237 e. The maximum atomic E-state index is 13.5. The molecule has 0 aliphatic carbocycles. The van der Waals surface area contributed by atoms with E-state index in [9.17, 15) is 9.18 Å². The lowest BCUT2D eigenvalue weighted by atomic mass is 10.0. The summed E-state index contributed by atoms with van der Waals surface area (Å²) in [5.41, 5.74) is 3.86. The summed E-state index contributed by atoms with van der Waals surface area (Å²) in [5, 5.41) is 6.03. The van der Waals surface area contributed by atoms with Gasteiger partial charge in [-0.25, -0.2) is 4.39 Å². The molecule has 134 valence electrons. The molecule has 0 bridgehead atoms. The molecule has 2 heterocycles. The number of rotatable bonds is 5. The molecule has 0 saturated heterocycles. The summed E-state index contributed by atoms with van der Waals surface area (Å²) in [6.45, 7) is 0.633. The van der Waals surface area contributed by atoms with E-state index in [4.69, 9.17) is 0 Å². The van der Waals surface area contributed by atoms with Gasteiger partial charge in [0.15, 0.2) is 0 Å². The van der Waals surface area contributed by atoms with E-state index in [2.05, 4.69) is 20.6 Å². The van der Waals surface area contributed by atoms with Gasteiger partial charge in [0.2, 0.25) is 5.91 Å². The summed E-state index contributed by atoms with van der Waals surface area (Å²) in [6, 6.07) is 17.6.